The molecule has 1 saturated heterocycles. The van der Waals surface area contributed by atoms with Crippen molar-refractivity contribution in [3.63, 3.8) is 0 Å². The standard InChI is InChI=1S/C9H10N2O2S/c1-6(12)11(7-5-10-9(7)13)8-3-2-4-14-8/h2-4,7H,5H2,1H3,(H,10,13). The van der Waals surface area contributed by atoms with E-state index in [4.69, 9.17) is 0 Å². The summed E-state index contributed by atoms with van der Waals surface area (Å²) in [4.78, 5) is 24.1. The number of β-lactam (4-membered cyclic amide) rings is 1. The summed E-state index contributed by atoms with van der Waals surface area (Å²) in [6.45, 7) is 2.03. The molecule has 0 aromatic carbocycles. The van der Waals surface area contributed by atoms with Crippen LogP contribution < -0.4 is 10.2 Å². The third-order valence-corrected chi connectivity index (χ3v) is 3.03. The maximum Gasteiger partial charge on any atom is 0.245 e. The summed E-state index contributed by atoms with van der Waals surface area (Å²) in [5.41, 5.74) is 0. The number of hydrogen-bond donors (Lipinski definition) is 1. The Balaban J connectivity index is 2.24. The fourth-order valence-electron chi connectivity index (χ4n) is 1.42. The molecule has 0 spiro atoms. The lowest BCUT2D eigenvalue weighted by Gasteiger charge is -2.35. The van der Waals surface area contributed by atoms with Gasteiger partial charge in [-0.2, -0.15) is 0 Å². The van der Waals surface area contributed by atoms with Crippen LogP contribution in [0.4, 0.5) is 5.00 Å². The van der Waals surface area contributed by atoms with E-state index in [1.807, 2.05) is 17.5 Å². The quantitative estimate of drug-likeness (QED) is 0.727. The van der Waals surface area contributed by atoms with Gasteiger partial charge in [-0.3, -0.25) is 14.5 Å². The van der Waals surface area contributed by atoms with Crippen LogP contribution in [0.1, 0.15) is 6.92 Å². The highest BCUT2D eigenvalue weighted by Crippen LogP contribution is 2.25. The van der Waals surface area contributed by atoms with Crippen LogP contribution >= 0.6 is 11.3 Å². The molecule has 1 aliphatic rings. The minimum Gasteiger partial charge on any atom is -0.352 e. The average molecular weight is 210 g/mol. The number of rotatable bonds is 2. The van der Waals surface area contributed by atoms with Crippen molar-refractivity contribution in [1.29, 1.82) is 0 Å². The highest BCUT2D eigenvalue weighted by Gasteiger charge is 2.36. The number of hydrogen-bond acceptors (Lipinski definition) is 3. The average Bonchev–Trinajstić information content (AvgIpc) is 2.63. The molecule has 1 atom stereocenters. The Morgan fingerprint density at radius 3 is 2.86 bits per heavy atom. The lowest BCUT2D eigenvalue weighted by molar-refractivity contribution is -0.130. The summed E-state index contributed by atoms with van der Waals surface area (Å²) in [7, 11) is 0. The van der Waals surface area contributed by atoms with Gasteiger partial charge in [0.1, 0.15) is 6.04 Å². The number of carbonyl (C=O) groups is 2. The number of nitrogens with one attached hydrogen (secondary N) is 1. The van der Waals surface area contributed by atoms with Crippen molar-refractivity contribution < 1.29 is 9.59 Å². The number of amides is 2. The SMILES string of the molecule is CC(=O)N(c1cccs1)C1CNC1=O. The second kappa shape index (κ2) is 3.42. The van der Waals surface area contributed by atoms with Gasteiger partial charge in [-0.15, -0.1) is 11.3 Å². The first-order chi connectivity index (χ1) is 6.70. The Bertz CT molecular complexity index is 361. The number of carbonyl (C=O) groups excluding carboxylic acids is 2. The minimum absolute atomic E-state index is 0.0754. The van der Waals surface area contributed by atoms with Gasteiger partial charge in [-0.1, -0.05) is 0 Å². The molecule has 0 radical (unpaired) electrons. The summed E-state index contributed by atoms with van der Waals surface area (Å²) in [5, 5.41) is 5.35. The fourth-order valence-corrected chi connectivity index (χ4v) is 2.24. The van der Waals surface area contributed by atoms with Crippen LogP contribution in [0.5, 0.6) is 0 Å². The van der Waals surface area contributed by atoms with Gasteiger partial charge in [0, 0.05) is 13.5 Å². The van der Waals surface area contributed by atoms with E-state index in [1.165, 1.54) is 18.3 Å². The second-order valence-electron chi connectivity index (χ2n) is 3.10. The smallest absolute Gasteiger partial charge is 0.245 e. The Labute approximate surface area is 85.5 Å². The Kier molecular flexibility index (Phi) is 2.25. The Morgan fingerprint density at radius 1 is 1.71 bits per heavy atom. The molecule has 1 aliphatic heterocycles. The maximum atomic E-state index is 11.4. The Morgan fingerprint density at radius 2 is 2.50 bits per heavy atom. The molecule has 0 aliphatic carbocycles. The molecule has 2 rings (SSSR count). The molecule has 5 heteroatoms. The van der Waals surface area contributed by atoms with Crippen molar-refractivity contribution in [2.24, 2.45) is 0 Å². The van der Waals surface area contributed by atoms with E-state index >= 15 is 0 Å². The predicted molar refractivity (Wildman–Crippen MR) is 54.3 cm³/mol. The van der Waals surface area contributed by atoms with Crippen LogP contribution in [0, 0.1) is 0 Å². The third kappa shape index (κ3) is 1.39. The van der Waals surface area contributed by atoms with E-state index in [1.54, 1.807) is 4.90 Å². The highest BCUT2D eigenvalue weighted by molar-refractivity contribution is 7.14. The monoisotopic (exact) mass is 210 g/mol. The van der Waals surface area contributed by atoms with Gasteiger partial charge in [0.15, 0.2) is 0 Å². The van der Waals surface area contributed by atoms with Crippen LogP contribution in [0.15, 0.2) is 17.5 Å². The summed E-state index contributed by atoms with van der Waals surface area (Å²) >= 11 is 1.46. The molecule has 1 unspecified atom stereocenters. The molecular formula is C9H10N2O2S. The maximum absolute atomic E-state index is 11.4. The normalized spacial score (nSPS) is 19.8. The molecule has 1 aromatic heterocycles. The Hall–Kier alpha value is -1.36. The van der Waals surface area contributed by atoms with Gasteiger partial charge in [0.2, 0.25) is 11.8 Å². The summed E-state index contributed by atoms with van der Waals surface area (Å²) in [6.07, 6.45) is 0. The van der Waals surface area contributed by atoms with E-state index in [2.05, 4.69) is 5.32 Å². The molecule has 0 saturated carbocycles. The first kappa shape index (κ1) is 9.21. The van der Waals surface area contributed by atoms with Crippen LogP contribution in [0.2, 0.25) is 0 Å². The van der Waals surface area contributed by atoms with Gasteiger partial charge in [-0.05, 0) is 17.5 Å². The van der Waals surface area contributed by atoms with E-state index in [0.717, 1.165) is 5.00 Å². The van der Waals surface area contributed by atoms with Gasteiger partial charge in [-0.25, -0.2) is 0 Å². The van der Waals surface area contributed by atoms with Crippen LogP contribution in [0.3, 0.4) is 0 Å². The zero-order valence-electron chi connectivity index (χ0n) is 7.69. The topological polar surface area (TPSA) is 49.4 Å². The minimum atomic E-state index is -0.314. The van der Waals surface area contributed by atoms with Crippen molar-refractivity contribution in [3.05, 3.63) is 17.5 Å². The molecule has 2 amide bonds. The van der Waals surface area contributed by atoms with E-state index in [0.29, 0.717) is 6.54 Å². The predicted octanol–water partition coefficient (Wildman–Crippen LogP) is 0.599. The largest absolute Gasteiger partial charge is 0.352 e. The molecule has 1 N–H and O–H groups in total. The van der Waals surface area contributed by atoms with E-state index in [9.17, 15) is 9.59 Å². The highest BCUT2D eigenvalue weighted by atomic mass is 32.1. The first-order valence-corrected chi connectivity index (χ1v) is 5.19. The van der Waals surface area contributed by atoms with Crippen molar-refractivity contribution >= 4 is 28.2 Å². The zero-order chi connectivity index (χ0) is 10.1. The van der Waals surface area contributed by atoms with Gasteiger partial charge in [0.25, 0.3) is 0 Å². The molecule has 1 aromatic rings. The number of nitrogens with zero attached hydrogens (tertiary/aromatic N) is 1. The van der Waals surface area contributed by atoms with E-state index < -0.39 is 0 Å². The third-order valence-electron chi connectivity index (χ3n) is 2.17. The molecule has 1 fully saturated rings. The molecule has 4 nitrogen and oxygen atoms in total. The van der Waals surface area contributed by atoms with Gasteiger partial charge >= 0.3 is 0 Å². The first-order valence-electron chi connectivity index (χ1n) is 4.31. The summed E-state index contributed by atoms with van der Waals surface area (Å²) in [5.74, 6) is -0.166. The molecule has 14 heavy (non-hydrogen) atoms. The van der Waals surface area contributed by atoms with Crippen LogP contribution in [-0.4, -0.2) is 24.4 Å². The molecule has 2 heterocycles. The van der Waals surface area contributed by atoms with Crippen LogP contribution in [0.25, 0.3) is 0 Å². The van der Waals surface area contributed by atoms with Crippen LogP contribution in [-0.2, 0) is 9.59 Å². The molecule has 74 valence electrons. The van der Waals surface area contributed by atoms with Crippen molar-refractivity contribution in [2.45, 2.75) is 13.0 Å². The number of thiophene rings is 1. The summed E-state index contributed by atoms with van der Waals surface area (Å²) < 4.78 is 0. The van der Waals surface area contributed by atoms with Crippen molar-refractivity contribution in [2.75, 3.05) is 11.4 Å². The number of anilines is 1. The second-order valence-corrected chi connectivity index (χ2v) is 4.03. The molecular weight excluding hydrogens is 200 g/mol. The lowest BCUT2D eigenvalue weighted by Crippen LogP contribution is -2.63. The fraction of sp³-hybridized carbons (Fsp3) is 0.333. The van der Waals surface area contributed by atoms with E-state index in [-0.39, 0.29) is 17.9 Å². The molecule has 0 bridgehead atoms. The van der Waals surface area contributed by atoms with Gasteiger partial charge in [0.05, 0.1) is 5.00 Å². The van der Waals surface area contributed by atoms with Gasteiger partial charge < -0.3 is 5.32 Å². The van der Waals surface area contributed by atoms with Crippen molar-refractivity contribution in [3.8, 4) is 0 Å². The summed E-state index contributed by atoms with van der Waals surface area (Å²) in [6, 6.07) is 3.40. The lowest BCUT2D eigenvalue weighted by atomic mass is 10.1. The zero-order valence-corrected chi connectivity index (χ0v) is 8.50. The van der Waals surface area contributed by atoms with Crippen molar-refractivity contribution in [1.82, 2.24) is 5.32 Å².